The molecule has 0 aromatic rings. The Morgan fingerprint density at radius 3 is 2.00 bits per heavy atom. The standard InChI is InChI=1S/C37H61N5O6/c1-3-4-5-9-32(42-35(47)13-11-31(44)24-41-34(46)12-10-30(43)23-38)33(45)18-29(36(39)48)8-6-7-14-40-25(2)19-37-20-26-15-27(21-37)17-28(16-26)22-37/h26-29,32,40H,2-24,38H2,1H3,(H2,39,48)(H,41,46)(H,42,47)/t26?,27?,28?,29-,32+,37?/m1/s1. The molecule has 0 heterocycles. The number of nitrogens with two attached hydrogens (primary N) is 2. The number of hydrogen-bond donors (Lipinski definition) is 5. The van der Waals surface area contributed by atoms with E-state index in [1.54, 1.807) is 0 Å². The van der Waals surface area contributed by atoms with Crippen LogP contribution in [-0.2, 0) is 28.8 Å². The van der Waals surface area contributed by atoms with Crippen LogP contribution in [0.15, 0.2) is 12.3 Å². The van der Waals surface area contributed by atoms with Crippen molar-refractivity contribution in [2.75, 3.05) is 19.6 Å². The Bertz CT molecular complexity index is 1120. The molecule has 0 saturated heterocycles. The van der Waals surface area contributed by atoms with Crippen molar-refractivity contribution in [2.24, 2.45) is 40.6 Å². The molecule has 4 saturated carbocycles. The van der Waals surface area contributed by atoms with Crippen LogP contribution in [-0.4, -0.2) is 60.7 Å². The van der Waals surface area contributed by atoms with Gasteiger partial charge in [0.1, 0.15) is 5.78 Å². The Morgan fingerprint density at radius 1 is 0.792 bits per heavy atom. The van der Waals surface area contributed by atoms with Crippen molar-refractivity contribution in [1.82, 2.24) is 16.0 Å². The van der Waals surface area contributed by atoms with Gasteiger partial charge in [-0.05, 0) is 87.4 Å². The van der Waals surface area contributed by atoms with Crippen molar-refractivity contribution in [2.45, 2.75) is 135 Å². The first-order valence-corrected chi connectivity index (χ1v) is 18.4. The molecule has 4 aliphatic rings. The molecule has 4 aliphatic carbocycles. The molecular weight excluding hydrogens is 610 g/mol. The van der Waals surface area contributed by atoms with E-state index in [0.29, 0.717) is 18.3 Å². The molecule has 4 fully saturated rings. The molecule has 0 aromatic carbocycles. The molecule has 0 aromatic heterocycles. The van der Waals surface area contributed by atoms with Crippen LogP contribution in [0.4, 0.5) is 0 Å². The number of nitrogens with one attached hydrogen (secondary N) is 3. The third-order valence-corrected chi connectivity index (χ3v) is 10.8. The average Bonchev–Trinajstić information content (AvgIpc) is 3.03. The molecule has 0 radical (unpaired) electrons. The number of carbonyl (C=O) groups is 6. The zero-order valence-electron chi connectivity index (χ0n) is 29.3. The van der Waals surface area contributed by atoms with Gasteiger partial charge in [0.05, 0.1) is 19.1 Å². The Morgan fingerprint density at radius 2 is 1.40 bits per heavy atom. The Hall–Kier alpha value is -3.08. The summed E-state index contributed by atoms with van der Waals surface area (Å²) in [7, 11) is 0. The predicted molar refractivity (Wildman–Crippen MR) is 185 cm³/mol. The number of rotatable bonds is 26. The molecule has 11 heteroatoms. The molecule has 48 heavy (non-hydrogen) atoms. The number of ketones is 3. The summed E-state index contributed by atoms with van der Waals surface area (Å²) in [5.41, 5.74) is 12.5. The molecular formula is C37H61N5O6. The van der Waals surface area contributed by atoms with Crippen LogP contribution < -0.4 is 27.4 Å². The van der Waals surface area contributed by atoms with E-state index in [9.17, 15) is 28.8 Å². The van der Waals surface area contributed by atoms with Gasteiger partial charge in [-0.3, -0.25) is 28.8 Å². The molecule has 0 unspecified atom stereocenters. The molecule has 2 atom stereocenters. The van der Waals surface area contributed by atoms with Crippen molar-refractivity contribution in [3.63, 3.8) is 0 Å². The second-order valence-corrected chi connectivity index (χ2v) is 15.1. The lowest BCUT2D eigenvalue weighted by atomic mass is 9.48. The van der Waals surface area contributed by atoms with Gasteiger partial charge in [-0.1, -0.05) is 39.2 Å². The highest BCUT2D eigenvalue weighted by Gasteiger charge is 2.50. The molecule has 11 nitrogen and oxygen atoms in total. The van der Waals surface area contributed by atoms with E-state index < -0.39 is 29.7 Å². The van der Waals surface area contributed by atoms with Crippen molar-refractivity contribution in [3.8, 4) is 0 Å². The van der Waals surface area contributed by atoms with Crippen LogP contribution in [0.2, 0.25) is 0 Å². The van der Waals surface area contributed by atoms with E-state index in [4.69, 9.17) is 11.5 Å². The maximum absolute atomic E-state index is 13.3. The lowest BCUT2D eigenvalue weighted by molar-refractivity contribution is -0.131. The maximum Gasteiger partial charge on any atom is 0.221 e. The number of unbranched alkanes of at least 4 members (excludes halogenated alkanes) is 3. The van der Waals surface area contributed by atoms with E-state index in [1.807, 2.05) is 6.92 Å². The summed E-state index contributed by atoms with van der Waals surface area (Å²) in [6.45, 7) is 6.79. The van der Waals surface area contributed by atoms with E-state index in [0.717, 1.165) is 68.5 Å². The summed E-state index contributed by atoms with van der Waals surface area (Å²) in [6, 6.07) is -0.754. The zero-order chi connectivity index (χ0) is 35.1. The molecule has 3 amide bonds. The van der Waals surface area contributed by atoms with Crippen molar-refractivity contribution in [3.05, 3.63) is 12.3 Å². The number of Topliss-reactive ketones (excluding diaryl/α,β-unsaturated/α-hetero) is 3. The largest absolute Gasteiger partial charge is 0.389 e. The van der Waals surface area contributed by atoms with Gasteiger partial charge in [0, 0.05) is 50.3 Å². The number of carbonyl (C=O) groups excluding carboxylic acids is 6. The fourth-order valence-corrected chi connectivity index (χ4v) is 8.69. The number of hydrogen-bond acceptors (Lipinski definition) is 8. The van der Waals surface area contributed by atoms with Crippen molar-refractivity contribution in [1.29, 1.82) is 0 Å². The smallest absolute Gasteiger partial charge is 0.221 e. The van der Waals surface area contributed by atoms with E-state index in [2.05, 4.69) is 22.5 Å². The van der Waals surface area contributed by atoms with Gasteiger partial charge in [0.25, 0.3) is 0 Å². The van der Waals surface area contributed by atoms with Gasteiger partial charge in [0.15, 0.2) is 11.6 Å². The van der Waals surface area contributed by atoms with Gasteiger partial charge in [-0.2, -0.15) is 0 Å². The van der Waals surface area contributed by atoms with Crippen LogP contribution in [0.3, 0.4) is 0 Å². The third kappa shape index (κ3) is 13.4. The van der Waals surface area contributed by atoms with Crippen LogP contribution in [0.5, 0.6) is 0 Å². The number of amides is 3. The minimum absolute atomic E-state index is 0.0117. The number of allylic oxidation sites excluding steroid dienone is 1. The summed E-state index contributed by atoms with van der Waals surface area (Å²) in [5.74, 6) is -0.0479. The van der Waals surface area contributed by atoms with Gasteiger partial charge in [-0.15, -0.1) is 0 Å². The van der Waals surface area contributed by atoms with Crippen LogP contribution in [0.25, 0.3) is 0 Å². The van der Waals surface area contributed by atoms with Gasteiger partial charge in [0.2, 0.25) is 17.7 Å². The summed E-state index contributed by atoms with van der Waals surface area (Å²) in [4.78, 5) is 73.6. The van der Waals surface area contributed by atoms with E-state index in [1.165, 1.54) is 38.5 Å². The van der Waals surface area contributed by atoms with Crippen molar-refractivity contribution >= 4 is 35.1 Å². The fourth-order valence-electron chi connectivity index (χ4n) is 8.69. The zero-order valence-corrected chi connectivity index (χ0v) is 29.3. The lowest BCUT2D eigenvalue weighted by Gasteiger charge is -2.57. The quantitative estimate of drug-likeness (QED) is 0.0859. The summed E-state index contributed by atoms with van der Waals surface area (Å²) in [5, 5.41) is 8.75. The first-order chi connectivity index (χ1) is 22.9. The normalized spacial score (nSPS) is 23.6. The second-order valence-electron chi connectivity index (χ2n) is 15.1. The van der Waals surface area contributed by atoms with Crippen LogP contribution >= 0.6 is 0 Å². The Balaban J connectivity index is 1.37. The van der Waals surface area contributed by atoms with E-state index >= 15 is 0 Å². The Labute approximate surface area is 286 Å². The first kappa shape index (κ1) is 39.4. The SMILES string of the molecule is C=C(CC12CC3CC(CC(C3)C1)C2)NCCCC[C@H](CC(=O)[C@H](CCCCC)NC(=O)CCC(=O)CNC(=O)CCC(=O)CN)C(N)=O. The number of primary amides is 1. The monoisotopic (exact) mass is 671 g/mol. The lowest BCUT2D eigenvalue weighted by Crippen LogP contribution is -2.46. The third-order valence-electron chi connectivity index (χ3n) is 10.8. The molecule has 4 rings (SSSR count). The minimum atomic E-state index is -0.754. The van der Waals surface area contributed by atoms with E-state index in [-0.39, 0.29) is 62.5 Å². The van der Waals surface area contributed by atoms with Gasteiger partial charge < -0.3 is 27.4 Å². The molecule has 0 aliphatic heterocycles. The molecule has 0 spiro atoms. The van der Waals surface area contributed by atoms with Gasteiger partial charge >= 0.3 is 0 Å². The minimum Gasteiger partial charge on any atom is -0.389 e. The fraction of sp³-hybridized carbons (Fsp3) is 0.784. The molecule has 4 bridgehead atoms. The summed E-state index contributed by atoms with van der Waals surface area (Å²) in [6.07, 6.45) is 14.2. The van der Waals surface area contributed by atoms with Crippen molar-refractivity contribution < 1.29 is 28.8 Å². The maximum atomic E-state index is 13.3. The van der Waals surface area contributed by atoms with Gasteiger partial charge in [-0.25, -0.2) is 0 Å². The highest BCUT2D eigenvalue weighted by atomic mass is 16.2. The van der Waals surface area contributed by atoms with Crippen LogP contribution in [0.1, 0.15) is 129 Å². The molecule has 270 valence electrons. The first-order valence-electron chi connectivity index (χ1n) is 18.4. The highest BCUT2D eigenvalue weighted by molar-refractivity contribution is 5.94. The highest BCUT2D eigenvalue weighted by Crippen LogP contribution is 2.61. The predicted octanol–water partition coefficient (Wildman–Crippen LogP) is 3.77. The van der Waals surface area contributed by atoms with Crippen LogP contribution in [0, 0.1) is 29.1 Å². The second kappa shape index (κ2) is 19.8. The summed E-state index contributed by atoms with van der Waals surface area (Å²) >= 11 is 0. The Kier molecular flexibility index (Phi) is 16.2. The molecule has 7 N–H and O–H groups in total. The topological polar surface area (TPSA) is 191 Å². The average molecular weight is 672 g/mol. The summed E-state index contributed by atoms with van der Waals surface area (Å²) < 4.78 is 0.